The number of hydrogen-bond donors (Lipinski definition) is 3. The summed E-state index contributed by atoms with van der Waals surface area (Å²) in [4.78, 5) is 14.6. The summed E-state index contributed by atoms with van der Waals surface area (Å²) in [5.41, 5.74) is -1.16. The van der Waals surface area contributed by atoms with Gasteiger partial charge in [-0.3, -0.25) is 10.1 Å². The first-order chi connectivity index (χ1) is 9.46. The summed E-state index contributed by atoms with van der Waals surface area (Å²) in [7, 11) is 1.68. The Labute approximate surface area is 116 Å². The molecule has 20 heavy (non-hydrogen) atoms. The third kappa shape index (κ3) is 2.81. The van der Waals surface area contributed by atoms with Gasteiger partial charge in [-0.25, -0.2) is 4.98 Å². The Morgan fingerprint density at radius 2 is 2.40 bits per heavy atom. The lowest BCUT2D eigenvalue weighted by Gasteiger charge is -2.26. The number of rotatable bonds is 5. The van der Waals surface area contributed by atoms with Gasteiger partial charge < -0.3 is 20.5 Å². The van der Waals surface area contributed by atoms with E-state index in [9.17, 15) is 15.2 Å². The van der Waals surface area contributed by atoms with Crippen LogP contribution in [0.25, 0.3) is 0 Å². The molecule has 0 saturated carbocycles. The van der Waals surface area contributed by atoms with E-state index < -0.39 is 10.5 Å². The molecule has 1 aliphatic rings. The molecule has 2 unspecified atom stereocenters. The molecule has 1 fully saturated rings. The van der Waals surface area contributed by atoms with Gasteiger partial charge in [0.1, 0.15) is 11.4 Å². The van der Waals surface area contributed by atoms with Crippen molar-refractivity contribution in [1.82, 2.24) is 4.98 Å². The van der Waals surface area contributed by atoms with E-state index >= 15 is 0 Å². The maximum atomic E-state index is 11.0. The van der Waals surface area contributed by atoms with Gasteiger partial charge in [0.15, 0.2) is 0 Å². The largest absolute Gasteiger partial charge is 0.385 e. The van der Waals surface area contributed by atoms with Crippen LogP contribution < -0.4 is 10.6 Å². The molecule has 0 bridgehead atoms. The van der Waals surface area contributed by atoms with Crippen LogP contribution in [-0.2, 0) is 4.74 Å². The van der Waals surface area contributed by atoms with E-state index in [0.29, 0.717) is 18.8 Å². The van der Waals surface area contributed by atoms with E-state index in [4.69, 9.17) is 4.74 Å². The molecule has 1 aliphatic heterocycles. The topological polar surface area (TPSA) is 110 Å². The van der Waals surface area contributed by atoms with Crippen molar-refractivity contribution in [3.8, 4) is 0 Å². The Hall–Kier alpha value is -1.93. The number of nitrogens with one attached hydrogen (secondary N) is 2. The second kappa shape index (κ2) is 5.59. The van der Waals surface area contributed by atoms with Crippen LogP contribution in [0.2, 0.25) is 0 Å². The molecule has 0 radical (unpaired) electrons. The van der Waals surface area contributed by atoms with Gasteiger partial charge in [-0.15, -0.1) is 0 Å². The average molecular weight is 282 g/mol. The molecule has 8 nitrogen and oxygen atoms in total. The summed E-state index contributed by atoms with van der Waals surface area (Å²) in [6.07, 6.45) is 0.169. The molecule has 0 amide bonds. The van der Waals surface area contributed by atoms with E-state index in [1.807, 2.05) is 0 Å². The van der Waals surface area contributed by atoms with Gasteiger partial charge in [0.05, 0.1) is 11.0 Å². The van der Waals surface area contributed by atoms with Crippen LogP contribution in [-0.4, -0.2) is 46.9 Å². The Morgan fingerprint density at radius 1 is 1.65 bits per heavy atom. The molecule has 1 saturated heterocycles. The molecule has 0 aliphatic carbocycles. The maximum absolute atomic E-state index is 11.0. The second-order valence-electron chi connectivity index (χ2n) is 4.79. The van der Waals surface area contributed by atoms with Crippen molar-refractivity contribution in [1.29, 1.82) is 0 Å². The highest BCUT2D eigenvalue weighted by molar-refractivity contribution is 5.60. The molecule has 110 valence electrons. The minimum absolute atomic E-state index is 0.126. The van der Waals surface area contributed by atoms with E-state index in [-0.39, 0.29) is 24.2 Å². The van der Waals surface area contributed by atoms with Crippen LogP contribution in [0.15, 0.2) is 12.1 Å². The van der Waals surface area contributed by atoms with Crippen molar-refractivity contribution in [2.75, 3.05) is 30.8 Å². The van der Waals surface area contributed by atoms with Gasteiger partial charge in [0.2, 0.25) is 5.82 Å². The first-order valence-corrected chi connectivity index (χ1v) is 6.37. The summed E-state index contributed by atoms with van der Waals surface area (Å²) < 4.78 is 5.32. The van der Waals surface area contributed by atoms with Crippen LogP contribution in [0.3, 0.4) is 0 Å². The number of nitro groups is 1. The molecule has 2 heterocycles. The Balaban J connectivity index is 2.17. The van der Waals surface area contributed by atoms with Gasteiger partial charge in [0, 0.05) is 32.7 Å². The van der Waals surface area contributed by atoms with Crippen LogP contribution >= 0.6 is 0 Å². The van der Waals surface area contributed by atoms with E-state index in [1.165, 1.54) is 12.1 Å². The molecule has 3 N–H and O–H groups in total. The Morgan fingerprint density at radius 3 is 2.95 bits per heavy atom. The van der Waals surface area contributed by atoms with Crippen molar-refractivity contribution in [3.63, 3.8) is 0 Å². The zero-order valence-electron chi connectivity index (χ0n) is 11.4. The SMILES string of the molecule is CNc1ccc([N+](=O)[O-])c(NCC2(O)CCOC2C)n1. The number of hydrogen-bond acceptors (Lipinski definition) is 7. The minimum atomic E-state index is -1.04. The molecule has 1 aromatic rings. The normalized spacial score (nSPS) is 25.4. The fourth-order valence-corrected chi connectivity index (χ4v) is 2.11. The Bertz CT molecular complexity index is 510. The van der Waals surface area contributed by atoms with Crippen LogP contribution in [0.4, 0.5) is 17.3 Å². The maximum Gasteiger partial charge on any atom is 0.311 e. The molecular weight excluding hydrogens is 264 g/mol. The van der Waals surface area contributed by atoms with E-state index in [2.05, 4.69) is 15.6 Å². The summed E-state index contributed by atoms with van der Waals surface area (Å²) >= 11 is 0. The van der Waals surface area contributed by atoms with Crippen LogP contribution in [0, 0.1) is 10.1 Å². The fourth-order valence-electron chi connectivity index (χ4n) is 2.11. The fraction of sp³-hybridized carbons (Fsp3) is 0.583. The first kappa shape index (κ1) is 14.5. The van der Waals surface area contributed by atoms with Gasteiger partial charge in [-0.2, -0.15) is 0 Å². The summed E-state index contributed by atoms with van der Waals surface area (Å²) in [6.45, 7) is 2.40. The van der Waals surface area contributed by atoms with Crippen molar-refractivity contribution in [3.05, 3.63) is 22.2 Å². The smallest absolute Gasteiger partial charge is 0.311 e. The summed E-state index contributed by atoms with van der Waals surface area (Å²) in [5.74, 6) is 0.648. The molecule has 2 rings (SSSR count). The second-order valence-corrected chi connectivity index (χ2v) is 4.79. The highest BCUT2D eigenvalue weighted by Crippen LogP contribution is 2.28. The van der Waals surface area contributed by atoms with Crippen molar-refractivity contribution >= 4 is 17.3 Å². The zero-order chi connectivity index (χ0) is 14.8. The average Bonchev–Trinajstić information content (AvgIpc) is 2.76. The van der Waals surface area contributed by atoms with Gasteiger partial charge in [0.25, 0.3) is 0 Å². The lowest BCUT2D eigenvalue weighted by molar-refractivity contribution is -0.384. The first-order valence-electron chi connectivity index (χ1n) is 6.37. The lowest BCUT2D eigenvalue weighted by Crippen LogP contribution is -2.43. The predicted molar refractivity (Wildman–Crippen MR) is 73.9 cm³/mol. The Kier molecular flexibility index (Phi) is 4.05. The molecule has 0 spiro atoms. The lowest BCUT2D eigenvalue weighted by atomic mass is 9.97. The number of nitrogens with zero attached hydrogens (tertiary/aromatic N) is 2. The summed E-state index contributed by atoms with van der Waals surface area (Å²) in [5, 5.41) is 27.0. The quantitative estimate of drug-likeness (QED) is 0.545. The number of anilines is 2. The number of pyridine rings is 1. The number of aromatic nitrogens is 1. The van der Waals surface area contributed by atoms with Crippen molar-refractivity contribution < 1.29 is 14.8 Å². The van der Waals surface area contributed by atoms with Gasteiger partial charge in [-0.1, -0.05) is 0 Å². The van der Waals surface area contributed by atoms with Crippen molar-refractivity contribution in [2.24, 2.45) is 0 Å². The minimum Gasteiger partial charge on any atom is -0.385 e. The van der Waals surface area contributed by atoms with Crippen LogP contribution in [0.5, 0.6) is 0 Å². The number of aliphatic hydroxyl groups is 1. The standard InChI is InChI=1S/C12H18N4O4/c1-8-12(17,5-6-20-8)7-14-11-9(16(18)19)3-4-10(13-2)15-11/h3-4,8,17H,5-7H2,1-2H3,(H2,13,14,15). The highest BCUT2D eigenvalue weighted by atomic mass is 16.6. The molecule has 2 atom stereocenters. The monoisotopic (exact) mass is 282 g/mol. The van der Waals surface area contributed by atoms with E-state index in [1.54, 1.807) is 14.0 Å². The van der Waals surface area contributed by atoms with Crippen LogP contribution in [0.1, 0.15) is 13.3 Å². The van der Waals surface area contributed by atoms with Gasteiger partial charge in [-0.05, 0) is 13.0 Å². The molecule has 8 heteroatoms. The van der Waals surface area contributed by atoms with Crippen molar-refractivity contribution in [2.45, 2.75) is 25.0 Å². The third-order valence-electron chi connectivity index (χ3n) is 3.55. The molecule has 1 aromatic heterocycles. The predicted octanol–water partition coefficient (Wildman–Crippen LogP) is 0.983. The van der Waals surface area contributed by atoms with E-state index in [0.717, 1.165) is 0 Å². The summed E-state index contributed by atoms with van der Waals surface area (Å²) in [6, 6.07) is 2.90. The zero-order valence-corrected chi connectivity index (χ0v) is 11.4. The molecular formula is C12H18N4O4. The van der Waals surface area contributed by atoms with Gasteiger partial charge >= 0.3 is 5.69 Å². The molecule has 0 aromatic carbocycles. The highest BCUT2D eigenvalue weighted by Gasteiger charge is 2.39. The third-order valence-corrected chi connectivity index (χ3v) is 3.55. The number of ether oxygens (including phenoxy) is 1.